The van der Waals surface area contributed by atoms with E-state index in [1.54, 1.807) is 0 Å². The van der Waals surface area contributed by atoms with Crippen LogP contribution in [0.1, 0.15) is 39.2 Å². The molecule has 0 fully saturated rings. The zero-order valence-electron chi connectivity index (χ0n) is 12.9. The Hall–Kier alpha value is -0.930. The van der Waals surface area contributed by atoms with Gasteiger partial charge in [0, 0.05) is 13.1 Å². The number of rotatable bonds is 8. The van der Waals surface area contributed by atoms with Crippen molar-refractivity contribution >= 4 is 11.6 Å². The maximum atomic E-state index is 9.76. The molecule has 0 aliphatic rings. The second-order valence-electron chi connectivity index (χ2n) is 5.14. The molecule has 1 aromatic rings. The van der Waals surface area contributed by atoms with Gasteiger partial charge in [0.15, 0.2) is 11.5 Å². The molecule has 1 N–H and O–H groups in total. The third-order valence-corrected chi connectivity index (χ3v) is 4.12. The molecule has 0 amide bonds. The summed E-state index contributed by atoms with van der Waals surface area (Å²) < 4.78 is 5.15. The summed E-state index contributed by atoms with van der Waals surface area (Å²) in [4.78, 5) is 2.40. The molecule has 0 atom stereocenters. The Morgan fingerprint density at radius 2 is 1.90 bits per heavy atom. The minimum atomic E-state index is 0.0148. The molecule has 4 heteroatoms. The molecule has 0 bridgehead atoms. The summed E-state index contributed by atoms with van der Waals surface area (Å²) >= 11 is 6.04. The molecule has 3 nitrogen and oxygen atoms in total. The molecule has 0 radical (unpaired) electrons. The van der Waals surface area contributed by atoms with Gasteiger partial charge in [-0.2, -0.15) is 0 Å². The third-order valence-electron chi connectivity index (χ3n) is 3.83. The number of hydrogen-bond acceptors (Lipinski definition) is 3. The first-order valence-corrected chi connectivity index (χ1v) is 7.71. The fraction of sp³-hybridized carbons (Fsp3) is 0.625. The van der Waals surface area contributed by atoms with E-state index in [0.29, 0.717) is 10.8 Å². The van der Waals surface area contributed by atoms with Crippen molar-refractivity contribution in [3.63, 3.8) is 0 Å². The maximum absolute atomic E-state index is 9.76. The van der Waals surface area contributed by atoms with Crippen molar-refractivity contribution in [2.75, 3.05) is 20.2 Å². The van der Waals surface area contributed by atoms with Crippen LogP contribution in [0.15, 0.2) is 12.1 Å². The van der Waals surface area contributed by atoms with Gasteiger partial charge in [0.1, 0.15) is 0 Å². The summed E-state index contributed by atoms with van der Waals surface area (Å²) in [5.74, 6) is 1.18. The van der Waals surface area contributed by atoms with Crippen LogP contribution >= 0.6 is 11.6 Å². The number of phenolic OH excluding ortho intramolecular Hbond substituents is 1. The lowest BCUT2D eigenvalue weighted by Crippen LogP contribution is -2.28. The van der Waals surface area contributed by atoms with Crippen LogP contribution < -0.4 is 4.74 Å². The highest BCUT2D eigenvalue weighted by Crippen LogP contribution is 2.35. The fourth-order valence-corrected chi connectivity index (χ4v) is 2.58. The van der Waals surface area contributed by atoms with E-state index in [1.165, 1.54) is 20.0 Å². The van der Waals surface area contributed by atoms with Crippen molar-refractivity contribution < 1.29 is 9.84 Å². The second kappa shape index (κ2) is 8.38. The smallest absolute Gasteiger partial charge is 0.176 e. The number of benzene rings is 1. The van der Waals surface area contributed by atoms with Crippen molar-refractivity contribution in [2.45, 2.75) is 40.2 Å². The highest BCUT2D eigenvalue weighted by Gasteiger charge is 2.13. The lowest BCUT2D eigenvalue weighted by atomic mass is 10.0. The number of halogens is 1. The largest absolute Gasteiger partial charge is 0.503 e. The van der Waals surface area contributed by atoms with Gasteiger partial charge in [-0.3, -0.25) is 4.90 Å². The van der Waals surface area contributed by atoms with Crippen LogP contribution in [0.5, 0.6) is 11.5 Å². The minimum Gasteiger partial charge on any atom is -0.503 e. The number of nitrogens with zero attached hydrogens (tertiary/aromatic N) is 1. The van der Waals surface area contributed by atoms with Crippen molar-refractivity contribution in [1.29, 1.82) is 0 Å². The van der Waals surface area contributed by atoms with Crippen LogP contribution in [0.2, 0.25) is 5.02 Å². The average molecular weight is 300 g/mol. The van der Waals surface area contributed by atoms with E-state index >= 15 is 0 Å². The van der Waals surface area contributed by atoms with Crippen LogP contribution in [0, 0.1) is 5.92 Å². The Morgan fingerprint density at radius 3 is 2.40 bits per heavy atom. The number of phenols is 1. The normalized spacial score (nSPS) is 11.3. The van der Waals surface area contributed by atoms with Gasteiger partial charge in [-0.25, -0.2) is 0 Å². The molecule has 0 unspecified atom stereocenters. The molecule has 20 heavy (non-hydrogen) atoms. The molecule has 0 heterocycles. The van der Waals surface area contributed by atoms with E-state index < -0.39 is 0 Å². The monoisotopic (exact) mass is 299 g/mol. The zero-order valence-corrected chi connectivity index (χ0v) is 13.7. The summed E-state index contributed by atoms with van der Waals surface area (Å²) in [6.45, 7) is 9.55. The van der Waals surface area contributed by atoms with E-state index in [-0.39, 0.29) is 5.75 Å². The van der Waals surface area contributed by atoms with Gasteiger partial charge in [-0.15, -0.1) is 0 Å². The van der Waals surface area contributed by atoms with Gasteiger partial charge in [-0.05, 0) is 30.2 Å². The Balaban J connectivity index is 2.82. The van der Waals surface area contributed by atoms with Crippen LogP contribution in [0.3, 0.4) is 0 Å². The highest BCUT2D eigenvalue weighted by molar-refractivity contribution is 6.32. The van der Waals surface area contributed by atoms with E-state index in [4.69, 9.17) is 16.3 Å². The summed E-state index contributed by atoms with van der Waals surface area (Å²) in [7, 11) is 1.54. The van der Waals surface area contributed by atoms with E-state index in [1.807, 2.05) is 12.1 Å². The first-order valence-electron chi connectivity index (χ1n) is 7.33. The third kappa shape index (κ3) is 4.57. The first-order chi connectivity index (χ1) is 9.55. The molecule has 0 saturated heterocycles. The summed E-state index contributed by atoms with van der Waals surface area (Å²) in [5.41, 5.74) is 1.07. The topological polar surface area (TPSA) is 32.7 Å². The molecular weight excluding hydrogens is 274 g/mol. The summed E-state index contributed by atoms with van der Waals surface area (Å²) in [6, 6.07) is 3.67. The van der Waals surface area contributed by atoms with Gasteiger partial charge in [-0.1, -0.05) is 45.2 Å². The molecule has 1 rings (SSSR count). The quantitative estimate of drug-likeness (QED) is 0.776. The predicted octanol–water partition coefficient (Wildman–Crippen LogP) is 4.31. The van der Waals surface area contributed by atoms with E-state index in [9.17, 15) is 5.11 Å². The van der Waals surface area contributed by atoms with Crippen molar-refractivity contribution in [3.05, 3.63) is 22.7 Å². The zero-order chi connectivity index (χ0) is 15.1. The molecule has 0 aliphatic heterocycles. The average Bonchev–Trinajstić information content (AvgIpc) is 2.46. The van der Waals surface area contributed by atoms with Gasteiger partial charge >= 0.3 is 0 Å². The highest BCUT2D eigenvalue weighted by atomic mass is 35.5. The minimum absolute atomic E-state index is 0.0148. The number of hydrogen-bond donors (Lipinski definition) is 1. The number of ether oxygens (including phenoxy) is 1. The molecule has 0 spiro atoms. The molecule has 114 valence electrons. The lowest BCUT2D eigenvalue weighted by Gasteiger charge is -2.25. The number of methoxy groups -OCH3 is 1. The Kier molecular flexibility index (Phi) is 7.17. The second-order valence-corrected chi connectivity index (χ2v) is 5.55. The van der Waals surface area contributed by atoms with E-state index in [2.05, 4.69) is 25.7 Å². The SMILES string of the molecule is CCC(CC)CN(CC)Cc1cc(Cl)c(O)c(OC)c1. The first kappa shape index (κ1) is 17.1. The molecule has 0 aliphatic carbocycles. The lowest BCUT2D eigenvalue weighted by molar-refractivity contribution is 0.226. The van der Waals surface area contributed by atoms with Crippen molar-refractivity contribution in [2.24, 2.45) is 5.92 Å². The summed E-state index contributed by atoms with van der Waals surface area (Å²) in [6.07, 6.45) is 2.40. The van der Waals surface area contributed by atoms with Crippen LogP contribution in [0.4, 0.5) is 0 Å². The van der Waals surface area contributed by atoms with E-state index in [0.717, 1.165) is 31.1 Å². The van der Waals surface area contributed by atoms with Crippen LogP contribution in [-0.4, -0.2) is 30.2 Å². The Labute approximate surface area is 127 Å². The van der Waals surface area contributed by atoms with Crippen molar-refractivity contribution in [3.8, 4) is 11.5 Å². The maximum Gasteiger partial charge on any atom is 0.176 e. The van der Waals surface area contributed by atoms with Crippen molar-refractivity contribution in [1.82, 2.24) is 4.90 Å². The number of aromatic hydroxyl groups is 1. The molecule has 1 aromatic carbocycles. The van der Waals surface area contributed by atoms with Gasteiger partial charge in [0.2, 0.25) is 0 Å². The molecular formula is C16H26ClNO2. The van der Waals surface area contributed by atoms with Crippen LogP contribution in [0.25, 0.3) is 0 Å². The van der Waals surface area contributed by atoms with Crippen LogP contribution in [-0.2, 0) is 6.54 Å². The Bertz CT molecular complexity index is 419. The van der Waals surface area contributed by atoms with Gasteiger partial charge < -0.3 is 9.84 Å². The standard InChI is InChI=1S/C16H26ClNO2/c1-5-12(6-2)10-18(7-3)11-13-8-14(17)16(19)15(9-13)20-4/h8-9,12,19H,5-7,10-11H2,1-4H3. The fourth-order valence-electron chi connectivity index (χ4n) is 2.35. The Morgan fingerprint density at radius 1 is 1.25 bits per heavy atom. The van der Waals surface area contributed by atoms with Gasteiger partial charge in [0.05, 0.1) is 12.1 Å². The molecule has 0 saturated carbocycles. The summed E-state index contributed by atoms with van der Waals surface area (Å²) in [5, 5.41) is 10.1. The molecule has 0 aromatic heterocycles. The van der Waals surface area contributed by atoms with Gasteiger partial charge in [0.25, 0.3) is 0 Å². The predicted molar refractivity (Wildman–Crippen MR) is 84.7 cm³/mol.